The Balaban J connectivity index is 1.45. The Labute approximate surface area is 145 Å². The number of aryl methyl sites for hydroxylation is 1. The molecule has 0 bridgehead atoms. The summed E-state index contributed by atoms with van der Waals surface area (Å²) in [6.45, 7) is 0.396. The summed E-state index contributed by atoms with van der Waals surface area (Å²) in [6.07, 6.45) is 3.58. The van der Waals surface area contributed by atoms with Gasteiger partial charge < -0.3 is 15.0 Å². The third-order valence-electron chi connectivity index (χ3n) is 4.30. The van der Waals surface area contributed by atoms with Crippen LogP contribution in [-0.4, -0.2) is 17.5 Å². The molecule has 6 heteroatoms. The van der Waals surface area contributed by atoms with Crippen molar-refractivity contribution in [2.45, 2.75) is 38.1 Å². The Bertz CT molecular complexity index is 786. The van der Waals surface area contributed by atoms with E-state index in [-0.39, 0.29) is 23.3 Å². The molecule has 1 aromatic carbocycles. The minimum Gasteiger partial charge on any atom is -0.494 e. The zero-order valence-corrected chi connectivity index (χ0v) is 13.9. The number of fused-ring (bicyclic) bond motifs is 1. The number of amides is 1. The zero-order chi connectivity index (χ0) is 17.6. The monoisotopic (exact) mass is 344 g/mol. The van der Waals surface area contributed by atoms with Gasteiger partial charge in [0.1, 0.15) is 11.6 Å². The van der Waals surface area contributed by atoms with Crippen LogP contribution in [0.15, 0.2) is 41.2 Å². The molecule has 132 valence electrons. The molecule has 1 atom stereocenters. The van der Waals surface area contributed by atoms with Crippen molar-refractivity contribution in [3.05, 3.63) is 63.8 Å². The predicted octanol–water partition coefficient (Wildman–Crippen LogP) is 2.87. The lowest BCUT2D eigenvalue weighted by Crippen LogP contribution is -2.32. The lowest BCUT2D eigenvalue weighted by atomic mass is 9.91. The van der Waals surface area contributed by atoms with Crippen LogP contribution < -0.4 is 15.6 Å². The van der Waals surface area contributed by atoms with Crippen molar-refractivity contribution in [2.24, 2.45) is 0 Å². The van der Waals surface area contributed by atoms with Gasteiger partial charge in [0, 0.05) is 18.2 Å². The van der Waals surface area contributed by atoms with Gasteiger partial charge in [-0.1, -0.05) is 0 Å². The molecule has 1 aliphatic rings. The Hall–Kier alpha value is -2.63. The zero-order valence-electron chi connectivity index (χ0n) is 13.9. The molecule has 0 fully saturated rings. The Morgan fingerprint density at radius 1 is 1.24 bits per heavy atom. The number of ether oxygens (including phenoxy) is 1. The Morgan fingerprint density at radius 3 is 2.84 bits per heavy atom. The molecule has 2 N–H and O–H groups in total. The van der Waals surface area contributed by atoms with E-state index in [4.69, 9.17) is 4.74 Å². The highest BCUT2D eigenvalue weighted by Crippen LogP contribution is 2.27. The van der Waals surface area contributed by atoms with Gasteiger partial charge in [0.15, 0.2) is 0 Å². The Kier molecular flexibility index (Phi) is 5.48. The molecule has 0 aliphatic heterocycles. The lowest BCUT2D eigenvalue weighted by Gasteiger charge is -2.25. The van der Waals surface area contributed by atoms with Crippen LogP contribution in [0, 0.1) is 5.82 Å². The number of rotatable bonds is 6. The van der Waals surface area contributed by atoms with Crippen LogP contribution in [0.1, 0.15) is 43.0 Å². The largest absolute Gasteiger partial charge is 0.494 e. The third-order valence-corrected chi connectivity index (χ3v) is 4.30. The molecule has 5 nitrogen and oxygen atoms in total. The van der Waals surface area contributed by atoms with Crippen LogP contribution in [-0.2, 0) is 11.2 Å². The summed E-state index contributed by atoms with van der Waals surface area (Å²) in [6, 6.07) is 9.06. The van der Waals surface area contributed by atoms with Crippen molar-refractivity contribution in [3.8, 4) is 5.75 Å². The van der Waals surface area contributed by atoms with Gasteiger partial charge in [0.05, 0.1) is 12.6 Å². The highest BCUT2D eigenvalue weighted by molar-refractivity contribution is 5.76. The lowest BCUT2D eigenvalue weighted by molar-refractivity contribution is -0.122. The fraction of sp³-hybridized carbons (Fsp3) is 0.368. The summed E-state index contributed by atoms with van der Waals surface area (Å²) >= 11 is 0. The second-order valence-corrected chi connectivity index (χ2v) is 6.17. The molecule has 0 saturated heterocycles. The van der Waals surface area contributed by atoms with Crippen LogP contribution in [0.4, 0.5) is 4.39 Å². The minimum absolute atomic E-state index is 0.0354. The van der Waals surface area contributed by atoms with E-state index in [0.29, 0.717) is 25.2 Å². The standard InChI is InChI=1S/C19H21FN2O3/c20-13-6-8-14(9-7-13)25-12-2-5-18(23)21-16-3-1-4-17-15(16)10-11-19(24)22-17/h6-11,16H,1-5,12H2,(H,21,23)(H,22,24)/t16-/m0/s1. The van der Waals surface area contributed by atoms with Crippen molar-refractivity contribution < 1.29 is 13.9 Å². The smallest absolute Gasteiger partial charge is 0.248 e. The number of aromatic nitrogens is 1. The van der Waals surface area contributed by atoms with Crippen molar-refractivity contribution in [1.82, 2.24) is 10.3 Å². The summed E-state index contributed by atoms with van der Waals surface area (Å²) in [5.74, 6) is 0.250. The Morgan fingerprint density at radius 2 is 2.04 bits per heavy atom. The average Bonchev–Trinajstić information content (AvgIpc) is 2.60. The van der Waals surface area contributed by atoms with Gasteiger partial charge in [0.25, 0.3) is 0 Å². The van der Waals surface area contributed by atoms with Gasteiger partial charge in [-0.3, -0.25) is 9.59 Å². The summed E-state index contributed by atoms with van der Waals surface area (Å²) < 4.78 is 18.3. The second kappa shape index (κ2) is 7.96. The maximum atomic E-state index is 12.8. The number of aromatic amines is 1. The summed E-state index contributed by atoms with van der Waals surface area (Å²) in [7, 11) is 0. The summed E-state index contributed by atoms with van der Waals surface area (Å²) in [5, 5.41) is 3.03. The highest BCUT2D eigenvalue weighted by Gasteiger charge is 2.22. The van der Waals surface area contributed by atoms with Crippen molar-refractivity contribution in [2.75, 3.05) is 6.61 Å². The van der Waals surface area contributed by atoms with Gasteiger partial charge in [-0.25, -0.2) is 4.39 Å². The van der Waals surface area contributed by atoms with Crippen molar-refractivity contribution in [3.63, 3.8) is 0 Å². The SMILES string of the molecule is O=C(CCCOc1ccc(F)cc1)N[C@H]1CCCc2[nH]c(=O)ccc21. The number of halogens is 1. The quantitative estimate of drug-likeness (QED) is 0.792. The first-order valence-electron chi connectivity index (χ1n) is 8.51. The molecular formula is C19H21FN2O3. The number of carbonyl (C=O) groups excluding carboxylic acids is 1. The maximum Gasteiger partial charge on any atom is 0.248 e. The topological polar surface area (TPSA) is 71.2 Å². The van der Waals surface area contributed by atoms with E-state index in [9.17, 15) is 14.0 Å². The second-order valence-electron chi connectivity index (χ2n) is 6.17. The van der Waals surface area contributed by atoms with Gasteiger partial charge >= 0.3 is 0 Å². The number of hydrogen-bond acceptors (Lipinski definition) is 3. The van der Waals surface area contributed by atoms with Crippen LogP contribution in [0.3, 0.4) is 0 Å². The van der Waals surface area contributed by atoms with Crippen LogP contribution >= 0.6 is 0 Å². The van der Waals surface area contributed by atoms with Gasteiger partial charge in [-0.05, 0) is 61.6 Å². The number of H-pyrrole nitrogens is 1. The van der Waals surface area contributed by atoms with Crippen LogP contribution in [0.5, 0.6) is 5.75 Å². The fourth-order valence-electron chi connectivity index (χ4n) is 3.07. The van der Waals surface area contributed by atoms with Crippen molar-refractivity contribution >= 4 is 5.91 Å². The average molecular weight is 344 g/mol. The molecule has 0 spiro atoms. The van der Waals surface area contributed by atoms with Crippen LogP contribution in [0.2, 0.25) is 0 Å². The first kappa shape index (κ1) is 17.2. The van der Waals surface area contributed by atoms with E-state index in [0.717, 1.165) is 30.5 Å². The van der Waals surface area contributed by atoms with E-state index in [1.807, 2.05) is 0 Å². The normalized spacial score (nSPS) is 16.1. The van der Waals surface area contributed by atoms with Gasteiger partial charge in [-0.2, -0.15) is 0 Å². The number of benzene rings is 1. The number of carbonyl (C=O) groups is 1. The van der Waals surface area contributed by atoms with E-state index in [2.05, 4.69) is 10.3 Å². The molecule has 1 aliphatic carbocycles. The molecule has 1 heterocycles. The first-order valence-corrected chi connectivity index (χ1v) is 8.51. The van der Waals surface area contributed by atoms with Crippen LogP contribution in [0.25, 0.3) is 0 Å². The van der Waals surface area contributed by atoms with Gasteiger partial charge in [0.2, 0.25) is 11.5 Å². The molecule has 0 saturated carbocycles. The first-order chi connectivity index (χ1) is 12.1. The van der Waals surface area contributed by atoms with E-state index in [1.165, 1.54) is 18.2 Å². The molecule has 25 heavy (non-hydrogen) atoms. The third kappa shape index (κ3) is 4.68. The molecule has 2 aromatic rings. The molecule has 0 unspecified atom stereocenters. The van der Waals surface area contributed by atoms with Gasteiger partial charge in [-0.15, -0.1) is 0 Å². The van der Waals surface area contributed by atoms with E-state index in [1.54, 1.807) is 18.2 Å². The number of nitrogens with one attached hydrogen (secondary N) is 2. The number of pyridine rings is 1. The van der Waals surface area contributed by atoms with E-state index < -0.39 is 0 Å². The summed E-state index contributed by atoms with van der Waals surface area (Å²) in [5.41, 5.74) is 1.81. The van der Waals surface area contributed by atoms with Crippen molar-refractivity contribution in [1.29, 1.82) is 0 Å². The molecular weight excluding hydrogens is 323 g/mol. The summed E-state index contributed by atoms with van der Waals surface area (Å²) in [4.78, 5) is 26.4. The predicted molar refractivity (Wildman–Crippen MR) is 92.0 cm³/mol. The molecule has 3 rings (SSSR count). The molecule has 1 aromatic heterocycles. The number of hydrogen-bond donors (Lipinski definition) is 2. The molecule has 0 radical (unpaired) electrons. The molecule has 1 amide bonds. The minimum atomic E-state index is -0.305. The maximum absolute atomic E-state index is 12.8. The highest BCUT2D eigenvalue weighted by atomic mass is 19.1. The van der Waals surface area contributed by atoms with E-state index >= 15 is 0 Å². The fourth-order valence-corrected chi connectivity index (χ4v) is 3.07.